The summed E-state index contributed by atoms with van der Waals surface area (Å²) in [5.41, 5.74) is 1.13. The third-order valence-corrected chi connectivity index (χ3v) is 2.32. The average molecular weight is 276 g/mol. The minimum Gasteiger partial charge on any atom is -0.478 e. The van der Waals surface area contributed by atoms with Crippen molar-refractivity contribution in [1.29, 1.82) is 0 Å². The van der Waals surface area contributed by atoms with Crippen LogP contribution in [0.2, 0.25) is 0 Å². The quantitative estimate of drug-likeness (QED) is 0.715. The molecule has 0 aromatic heterocycles. The van der Waals surface area contributed by atoms with Crippen LogP contribution in [0, 0.1) is 5.92 Å². The van der Waals surface area contributed by atoms with E-state index in [0.29, 0.717) is 11.4 Å². The van der Waals surface area contributed by atoms with Crippen molar-refractivity contribution in [2.45, 2.75) is 13.8 Å². The molecule has 0 aliphatic rings. The van der Waals surface area contributed by atoms with Crippen LogP contribution in [0.1, 0.15) is 13.8 Å². The molecule has 0 aliphatic heterocycles. The van der Waals surface area contributed by atoms with Crippen molar-refractivity contribution in [3.8, 4) is 0 Å². The maximum absolute atomic E-state index is 11.5. The maximum atomic E-state index is 11.5. The molecule has 0 unspecified atom stereocenters. The lowest BCUT2D eigenvalue weighted by atomic mass is 10.2. The Morgan fingerprint density at radius 2 is 1.50 bits per heavy atom. The van der Waals surface area contributed by atoms with Crippen LogP contribution >= 0.6 is 0 Å². The van der Waals surface area contributed by atoms with Crippen LogP contribution in [0.3, 0.4) is 0 Å². The number of nitrogens with one attached hydrogen (secondary N) is 2. The number of hydrogen-bond acceptors (Lipinski definition) is 3. The molecule has 1 aromatic rings. The van der Waals surface area contributed by atoms with Crippen LogP contribution in [-0.2, 0) is 14.4 Å². The highest BCUT2D eigenvalue weighted by Crippen LogP contribution is 2.14. The first-order valence-electron chi connectivity index (χ1n) is 6.01. The van der Waals surface area contributed by atoms with Gasteiger partial charge in [0.05, 0.1) is 0 Å². The summed E-state index contributed by atoms with van der Waals surface area (Å²) in [6, 6.07) is 6.53. The molecule has 106 valence electrons. The van der Waals surface area contributed by atoms with E-state index in [0.717, 1.165) is 12.2 Å². The Morgan fingerprint density at radius 1 is 1.00 bits per heavy atom. The lowest BCUT2D eigenvalue weighted by molar-refractivity contribution is -0.131. The fraction of sp³-hybridized carbons (Fsp3) is 0.214. The van der Waals surface area contributed by atoms with Crippen LogP contribution < -0.4 is 10.6 Å². The van der Waals surface area contributed by atoms with Gasteiger partial charge in [0.1, 0.15) is 0 Å². The van der Waals surface area contributed by atoms with Gasteiger partial charge < -0.3 is 15.7 Å². The van der Waals surface area contributed by atoms with Gasteiger partial charge in [-0.2, -0.15) is 0 Å². The second-order valence-corrected chi connectivity index (χ2v) is 4.38. The SMILES string of the molecule is CC(C)C(=O)Nc1ccc(NC(=O)/C=C/C(=O)O)cc1. The molecule has 20 heavy (non-hydrogen) atoms. The van der Waals surface area contributed by atoms with Gasteiger partial charge in [-0.15, -0.1) is 0 Å². The van der Waals surface area contributed by atoms with Gasteiger partial charge in [0.25, 0.3) is 0 Å². The molecule has 0 aliphatic carbocycles. The minimum atomic E-state index is -1.19. The Kier molecular flexibility index (Phi) is 5.46. The van der Waals surface area contributed by atoms with E-state index >= 15 is 0 Å². The molecule has 0 bridgehead atoms. The van der Waals surface area contributed by atoms with E-state index < -0.39 is 11.9 Å². The summed E-state index contributed by atoms with van der Waals surface area (Å²) in [5, 5.41) is 13.6. The van der Waals surface area contributed by atoms with E-state index in [1.165, 1.54) is 0 Å². The largest absolute Gasteiger partial charge is 0.478 e. The highest BCUT2D eigenvalue weighted by molar-refractivity contribution is 6.02. The normalized spacial score (nSPS) is 10.6. The Labute approximate surface area is 116 Å². The zero-order valence-corrected chi connectivity index (χ0v) is 11.2. The number of rotatable bonds is 5. The summed E-state index contributed by atoms with van der Waals surface area (Å²) >= 11 is 0. The molecule has 0 heterocycles. The van der Waals surface area contributed by atoms with Crippen molar-refractivity contribution >= 4 is 29.2 Å². The van der Waals surface area contributed by atoms with Crippen LogP contribution in [-0.4, -0.2) is 22.9 Å². The number of carbonyl (C=O) groups excluding carboxylic acids is 2. The van der Waals surface area contributed by atoms with Crippen molar-refractivity contribution in [2.75, 3.05) is 10.6 Å². The van der Waals surface area contributed by atoms with Gasteiger partial charge in [0.2, 0.25) is 11.8 Å². The van der Waals surface area contributed by atoms with Gasteiger partial charge in [-0.05, 0) is 24.3 Å². The van der Waals surface area contributed by atoms with Crippen LogP contribution in [0.25, 0.3) is 0 Å². The van der Waals surface area contributed by atoms with E-state index in [2.05, 4.69) is 10.6 Å². The number of amides is 2. The summed E-state index contributed by atoms with van der Waals surface area (Å²) < 4.78 is 0. The Hall–Kier alpha value is -2.63. The molecule has 6 heteroatoms. The highest BCUT2D eigenvalue weighted by atomic mass is 16.4. The zero-order chi connectivity index (χ0) is 15.1. The van der Waals surface area contributed by atoms with Crippen LogP contribution in [0.15, 0.2) is 36.4 Å². The number of benzene rings is 1. The fourth-order valence-electron chi connectivity index (χ4n) is 1.25. The van der Waals surface area contributed by atoms with Crippen molar-refractivity contribution in [2.24, 2.45) is 5.92 Å². The van der Waals surface area contributed by atoms with Crippen molar-refractivity contribution in [3.63, 3.8) is 0 Å². The smallest absolute Gasteiger partial charge is 0.328 e. The van der Waals surface area contributed by atoms with Crippen LogP contribution in [0.5, 0.6) is 0 Å². The molecule has 2 amide bonds. The summed E-state index contributed by atoms with van der Waals surface area (Å²) in [7, 11) is 0. The Morgan fingerprint density at radius 3 is 1.95 bits per heavy atom. The van der Waals surface area contributed by atoms with Crippen molar-refractivity contribution in [1.82, 2.24) is 0 Å². The summed E-state index contributed by atoms with van der Waals surface area (Å²) in [5.74, 6) is -1.93. The molecule has 3 N–H and O–H groups in total. The number of carboxylic acid groups (broad SMARTS) is 1. The molecule has 0 spiro atoms. The average Bonchev–Trinajstić information content (AvgIpc) is 2.38. The van der Waals surface area contributed by atoms with E-state index in [1.54, 1.807) is 38.1 Å². The van der Waals surface area contributed by atoms with E-state index in [1.807, 2.05) is 0 Å². The predicted octanol–water partition coefficient (Wildman–Crippen LogP) is 1.86. The van der Waals surface area contributed by atoms with Gasteiger partial charge in [-0.3, -0.25) is 9.59 Å². The van der Waals surface area contributed by atoms with Crippen LogP contribution in [0.4, 0.5) is 11.4 Å². The van der Waals surface area contributed by atoms with Gasteiger partial charge in [0, 0.05) is 29.4 Å². The monoisotopic (exact) mass is 276 g/mol. The maximum Gasteiger partial charge on any atom is 0.328 e. The lowest BCUT2D eigenvalue weighted by Crippen LogP contribution is -2.17. The standard InChI is InChI=1S/C14H16N2O4/c1-9(2)14(20)16-11-5-3-10(4-6-11)15-12(17)7-8-13(18)19/h3-9H,1-2H3,(H,15,17)(H,16,20)(H,18,19)/b8-7+. The second-order valence-electron chi connectivity index (χ2n) is 4.38. The van der Waals surface area contributed by atoms with E-state index in [-0.39, 0.29) is 11.8 Å². The molecular weight excluding hydrogens is 260 g/mol. The fourth-order valence-corrected chi connectivity index (χ4v) is 1.25. The zero-order valence-electron chi connectivity index (χ0n) is 11.2. The number of carbonyl (C=O) groups is 3. The first-order chi connectivity index (χ1) is 9.38. The predicted molar refractivity (Wildman–Crippen MR) is 75.3 cm³/mol. The third kappa shape index (κ3) is 5.34. The lowest BCUT2D eigenvalue weighted by Gasteiger charge is -2.08. The van der Waals surface area contributed by atoms with Gasteiger partial charge in [-0.1, -0.05) is 13.8 Å². The number of anilines is 2. The van der Waals surface area contributed by atoms with Gasteiger partial charge >= 0.3 is 5.97 Å². The third-order valence-electron chi connectivity index (χ3n) is 2.32. The Balaban J connectivity index is 2.61. The summed E-state index contributed by atoms with van der Waals surface area (Å²) in [6.45, 7) is 3.58. The minimum absolute atomic E-state index is 0.0915. The highest BCUT2D eigenvalue weighted by Gasteiger charge is 2.06. The molecule has 0 saturated heterocycles. The number of hydrogen-bond donors (Lipinski definition) is 3. The first kappa shape index (κ1) is 15.4. The van der Waals surface area contributed by atoms with Crippen molar-refractivity contribution < 1.29 is 19.5 Å². The van der Waals surface area contributed by atoms with Gasteiger partial charge in [-0.25, -0.2) is 4.79 Å². The molecule has 6 nitrogen and oxygen atoms in total. The van der Waals surface area contributed by atoms with Gasteiger partial charge in [0.15, 0.2) is 0 Å². The van der Waals surface area contributed by atoms with Crippen molar-refractivity contribution in [3.05, 3.63) is 36.4 Å². The summed E-state index contributed by atoms with van der Waals surface area (Å²) in [6.07, 6.45) is 1.68. The summed E-state index contributed by atoms with van der Waals surface area (Å²) in [4.78, 5) is 33.1. The van der Waals surface area contributed by atoms with E-state index in [4.69, 9.17) is 5.11 Å². The molecule has 1 rings (SSSR count). The number of carboxylic acids is 1. The number of aliphatic carboxylic acids is 1. The van der Waals surface area contributed by atoms with E-state index in [9.17, 15) is 14.4 Å². The molecule has 0 radical (unpaired) electrons. The molecule has 0 saturated carbocycles. The second kappa shape index (κ2) is 7.08. The molecular formula is C14H16N2O4. The molecule has 0 fully saturated rings. The molecule has 1 aromatic carbocycles. The Bertz CT molecular complexity index is 533. The first-order valence-corrected chi connectivity index (χ1v) is 6.01. The molecule has 0 atom stereocenters. The topological polar surface area (TPSA) is 95.5 Å².